The van der Waals surface area contributed by atoms with Crippen LogP contribution in [0.2, 0.25) is 0 Å². The molecule has 0 atom stereocenters. The van der Waals surface area contributed by atoms with E-state index in [1.165, 1.54) is 24.3 Å². The van der Waals surface area contributed by atoms with Gasteiger partial charge < -0.3 is 5.32 Å². The molecule has 2 heterocycles. The largest absolute Gasteiger partial charge is 0.349 e. The maximum absolute atomic E-state index is 12.8. The van der Waals surface area contributed by atoms with Crippen molar-refractivity contribution in [1.82, 2.24) is 19.9 Å². The van der Waals surface area contributed by atoms with E-state index in [9.17, 15) is 14.0 Å². The molecule has 0 aliphatic heterocycles. The van der Waals surface area contributed by atoms with Crippen molar-refractivity contribution in [3.63, 3.8) is 0 Å². The van der Waals surface area contributed by atoms with Gasteiger partial charge in [0.05, 0.1) is 6.54 Å². The lowest BCUT2D eigenvalue weighted by Gasteiger charge is -2.04. The summed E-state index contributed by atoms with van der Waals surface area (Å²) in [5, 5.41) is 10.7. The zero-order valence-corrected chi connectivity index (χ0v) is 12.8. The molecule has 0 radical (unpaired) electrons. The Bertz CT molecular complexity index is 874. The lowest BCUT2D eigenvalue weighted by molar-refractivity contribution is -0.121. The first-order valence-corrected chi connectivity index (χ1v) is 7.47. The van der Waals surface area contributed by atoms with E-state index >= 15 is 0 Å². The predicted molar refractivity (Wildman–Crippen MR) is 84.8 cm³/mol. The molecule has 1 amide bonds. The van der Waals surface area contributed by atoms with Crippen molar-refractivity contribution >= 4 is 17.3 Å². The number of rotatable bonds is 6. The molecule has 1 aromatic carbocycles. The van der Waals surface area contributed by atoms with E-state index in [1.807, 2.05) is 24.4 Å². The molecule has 0 aliphatic rings. The van der Waals surface area contributed by atoms with Crippen LogP contribution in [0, 0.1) is 5.82 Å². The van der Waals surface area contributed by atoms with E-state index < -0.39 is 5.82 Å². The standard InChI is InChI=1S/C17H15FN4O2/c18-13-6-4-12(5-7-13)14(23)8-9-17(24)19-11-16-21-20-15-3-1-2-10-22(15)16/h1-7,10H,8-9,11H2,(H,19,24). The minimum Gasteiger partial charge on any atom is -0.349 e. The quantitative estimate of drug-likeness (QED) is 0.704. The molecule has 3 aromatic rings. The third-order valence-corrected chi connectivity index (χ3v) is 3.57. The van der Waals surface area contributed by atoms with E-state index in [1.54, 1.807) is 4.40 Å². The molecule has 6 nitrogen and oxygen atoms in total. The third kappa shape index (κ3) is 3.62. The van der Waals surface area contributed by atoms with Crippen molar-refractivity contribution < 1.29 is 14.0 Å². The van der Waals surface area contributed by atoms with Crippen LogP contribution in [0.1, 0.15) is 29.0 Å². The Hall–Kier alpha value is -3.09. The van der Waals surface area contributed by atoms with Gasteiger partial charge in [-0.2, -0.15) is 0 Å². The highest BCUT2D eigenvalue weighted by Gasteiger charge is 2.11. The highest BCUT2D eigenvalue weighted by Crippen LogP contribution is 2.08. The minimum atomic E-state index is -0.398. The van der Waals surface area contributed by atoms with Crippen LogP contribution in [0.25, 0.3) is 5.65 Å². The van der Waals surface area contributed by atoms with Gasteiger partial charge in [-0.05, 0) is 36.4 Å². The molecule has 0 spiro atoms. The normalized spacial score (nSPS) is 10.7. The summed E-state index contributed by atoms with van der Waals surface area (Å²) in [6.45, 7) is 0.231. The Morgan fingerprint density at radius 3 is 2.62 bits per heavy atom. The van der Waals surface area contributed by atoms with Crippen LogP contribution in [0.15, 0.2) is 48.7 Å². The topological polar surface area (TPSA) is 76.4 Å². The molecule has 1 N–H and O–H groups in total. The van der Waals surface area contributed by atoms with Crippen LogP contribution in [0.3, 0.4) is 0 Å². The van der Waals surface area contributed by atoms with Gasteiger partial charge in [-0.15, -0.1) is 10.2 Å². The lowest BCUT2D eigenvalue weighted by Crippen LogP contribution is -2.24. The zero-order chi connectivity index (χ0) is 16.9. The average molecular weight is 326 g/mol. The number of amides is 1. The average Bonchev–Trinajstić information content (AvgIpc) is 3.01. The van der Waals surface area contributed by atoms with Crippen LogP contribution < -0.4 is 5.32 Å². The van der Waals surface area contributed by atoms with Crippen LogP contribution in [-0.4, -0.2) is 26.3 Å². The predicted octanol–water partition coefficient (Wildman–Crippen LogP) is 2.15. The number of nitrogens with one attached hydrogen (secondary N) is 1. The van der Waals surface area contributed by atoms with Crippen molar-refractivity contribution in [3.05, 3.63) is 65.9 Å². The van der Waals surface area contributed by atoms with E-state index in [0.29, 0.717) is 17.0 Å². The molecule has 24 heavy (non-hydrogen) atoms. The lowest BCUT2D eigenvalue weighted by atomic mass is 10.1. The molecule has 2 aromatic heterocycles. The fourth-order valence-electron chi connectivity index (χ4n) is 2.28. The second-order valence-corrected chi connectivity index (χ2v) is 5.25. The summed E-state index contributed by atoms with van der Waals surface area (Å²) in [5.74, 6) is -0.232. The number of halogens is 1. The first kappa shape index (κ1) is 15.8. The Morgan fingerprint density at radius 1 is 1.04 bits per heavy atom. The van der Waals surface area contributed by atoms with Gasteiger partial charge in [-0.25, -0.2) is 4.39 Å². The Morgan fingerprint density at radius 2 is 1.83 bits per heavy atom. The number of aromatic nitrogens is 3. The third-order valence-electron chi connectivity index (χ3n) is 3.57. The van der Waals surface area contributed by atoms with Crippen LogP contribution >= 0.6 is 0 Å². The molecular formula is C17H15FN4O2. The number of fused-ring (bicyclic) bond motifs is 1. The van der Waals surface area contributed by atoms with Gasteiger partial charge in [0.25, 0.3) is 0 Å². The van der Waals surface area contributed by atoms with Crippen molar-refractivity contribution in [2.75, 3.05) is 0 Å². The molecule has 0 fully saturated rings. The number of ketones is 1. The maximum atomic E-state index is 12.8. The van der Waals surface area contributed by atoms with E-state index in [-0.39, 0.29) is 31.1 Å². The summed E-state index contributed by atoms with van der Waals surface area (Å²) in [6.07, 6.45) is 1.94. The summed E-state index contributed by atoms with van der Waals surface area (Å²) in [6, 6.07) is 10.8. The summed E-state index contributed by atoms with van der Waals surface area (Å²) in [4.78, 5) is 23.8. The number of hydrogen-bond donors (Lipinski definition) is 1. The first-order valence-electron chi connectivity index (χ1n) is 7.47. The molecule has 0 aliphatic carbocycles. The van der Waals surface area contributed by atoms with Gasteiger partial charge in [0.1, 0.15) is 5.82 Å². The first-order chi connectivity index (χ1) is 11.6. The molecule has 122 valence electrons. The van der Waals surface area contributed by atoms with Crippen LogP contribution in [-0.2, 0) is 11.3 Å². The molecule has 0 saturated carbocycles. The number of carbonyl (C=O) groups is 2. The van der Waals surface area contributed by atoms with E-state index in [2.05, 4.69) is 15.5 Å². The van der Waals surface area contributed by atoms with Gasteiger partial charge >= 0.3 is 0 Å². The number of carbonyl (C=O) groups excluding carboxylic acids is 2. The summed E-state index contributed by atoms with van der Waals surface area (Å²) >= 11 is 0. The minimum absolute atomic E-state index is 0.0624. The molecule has 0 bridgehead atoms. The van der Waals surface area contributed by atoms with Crippen LogP contribution in [0.5, 0.6) is 0 Å². The number of pyridine rings is 1. The van der Waals surface area contributed by atoms with Gasteiger partial charge in [-0.3, -0.25) is 14.0 Å². The number of nitrogens with zero attached hydrogens (tertiary/aromatic N) is 3. The second kappa shape index (κ2) is 6.99. The SMILES string of the molecule is O=C(CCC(=O)c1ccc(F)cc1)NCc1nnc2ccccn12. The molecule has 7 heteroatoms. The van der Waals surface area contributed by atoms with Gasteiger partial charge in [-0.1, -0.05) is 6.07 Å². The fourth-order valence-corrected chi connectivity index (χ4v) is 2.28. The number of benzene rings is 1. The Balaban J connectivity index is 1.51. The van der Waals surface area contributed by atoms with E-state index in [0.717, 1.165) is 0 Å². The number of Topliss-reactive ketones (excluding diaryl/α,β-unsaturated/α-hetero) is 1. The summed E-state index contributed by atoms with van der Waals surface area (Å²) < 4.78 is 14.6. The van der Waals surface area contributed by atoms with Crippen LogP contribution in [0.4, 0.5) is 4.39 Å². The summed E-state index contributed by atoms with van der Waals surface area (Å²) in [5.41, 5.74) is 1.10. The maximum Gasteiger partial charge on any atom is 0.220 e. The second-order valence-electron chi connectivity index (χ2n) is 5.25. The van der Waals surface area contributed by atoms with Gasteiger partial charge in [0.2, 0.25) is 5.91 Å². The molecule has 3 rings (SSSR count). The zero-order valence-electron chi connectivity index (χ0n) is 12.8. The van der Waals surface area contributed by atoms with Gasteiger partial charge in [0, 0.05) is 24.6 Å². The molecular weight excluding hydrogens is 311 g/mol. The smallest absolute Gasteiger partial charge is 0.220 e. The van der Waals surface area contributed by atoms with Crippen molar-refractivity contribution in [3.8, 4) is 0 Å². The van der Waals surface area contributed by atoms with E-state index in [4.69, 9.17) is 0 Å². The summed E-state index contributed by atoms with van der Waals surface area (Å²) in [7, 11) is 0. The van der Waals surface area contributed by atoms with Crippen molar-refractivity contribution in [2.45, 2.75) is 19.4 Å². The highest BCUT2D eigenvalue weighted by atomic mass is 19.1. The molecule has 0 saturated heterocycles. The number of hydrogen-bond acceptors (Lipinski definition) is 4. The van der Waals surface area contributed by atoms with Crippen molar-refractivity contribution in [2.24, 2.45) is 0 Å². The fraction of sp³-hybridized carbons (Fsp3) is 0.176. The highest BCUT2D eigenvalue weighted by molar-refractivity contribution is 5.97. The Labute approximate surface area is 137 Å². The molecule has 0 unspecified atom stereocenters. The Kier molecular flexibility index (Phi) is 4.60. The van der Waals surface area contributed by atoms with Gasteiger partial charge in [0.15, 0.2) is 17.3 Å². The monoisotopic (exact) mass is 326 g/mol. The van der Waals surface area contributed by atoms with Crippen molar-refractivity contribution in [1.29, 1.82) is 0 Å².